The summed E-state index contributed by atoms with van der Waals surface area (Å²) in [6.45, 7) is 4.06. The molecule has 0 N–H and O–H groups in total. The average molecular weight is 261 g/mol. The molecule has 0 fully saturated rings. The fourth-order valence-corrected chi connectivity index (χ4v) is 1.91. The van der Waals surface area contributed by atoms with Gasteiger partial charge in [-0.1, -0.05) is 11.6 Å². The standard InChI is InChI=1S/C15H16FNO2/c1-10-4-5-14(16)13(8-10)15(18)17(3)9-12-6-7-19-11(12)2/h4-8H,9H2,1-3H3. The maximum atomic E-state index is 13.7. The molecule has 0 bridgehead atoms. The number of rotatable bonds is 3. The van der Waals surface area contributed by atoms with E-state index in [-0.39, 0.29) is 11.5 Å². The maximum Gasteiger partial charge on any atom is 0.256 e. The second kappa shape index (κ2) is 5.26. The molecule has 3 nitrogen and oxygen atoms in total. The van der Waals surface area contributed by atoms with E-state index in [4.69, 9.17) is 4.42 Å². The number of carbonyl (C=O) groups excluding carboxylic acids is 1. The topological polar surface area (TPSA) is 33.5 Å². The van der Waals surface area contributed by atoms with Gasteiger partial charge in [0.15, 0.2) is 0 Å². The Morgan fingerprint density at radius 1 is 1.32 bits per heavy atom. The first kappa shape index (κ1) is 13.3. The number of furan rings is 1. The Bertz CT molecular complexity index is 604. The van der Waals surface area contributed by atoms with E-state index >= 15 is 0 Å². The third-order valence-electron chi connectivity index (χ3n) is 3.07. The van der Waals surface area contributed by atoms with Crippen molar-refractivity contribution in [1.29, 1.82) is 0 Å². The number of hydrogen-bond donors (Lipinski definition) is 0. The number of benzene rings is 1. The summed E-state index contributed by atoms with van der Waals surface area (Å²) in [6, 6.07) is 6.34. The fourth-order valence-electron chi connectivity index (χ4n) is 1.91. The van der Waals surface area contributed by atoms with E-state index in [1.54, 1.807) is 25.4 Å². The van der Waals surface area contributed by atoms with E-state index in [1.807, 2.05) is 19.9 Å². The molecule has 4 heteroatoms. The van der Waals surface area contributed by atoms with Crippen LogP contribution in [0.4, 0.5) is 4.39 Å². The summed E-state index contributed by atoms with van der Waals surface area (Å²) < 4.78 is 18.9. The van der Waals surface area contributed by atoms with Crippen LogP contribution in [0.15, 0.2) is 34.9 Å². The van der Waals surface area contributed by atoms with Crippen molar-refractivity contribution in [3.63, 3.8) is 0 Å². The summed E-state index contributed by atoms with van der Waals surface area (Å²) in [6.07, 6.45) is 1.58. The molecule has 0 saturated heterocycles. The van der Waals surface area contributed by atoms with Gasteiger partial charge in [-0.2, -0.15) is 0 Å². The fraction of sp³-hybridized carbons (Fsp3) is 0.267. The Hall–Kier alpha value is -2.10. The van der Waals surface area contributed by atoms with Crippen LogP contribution in [0.2, 0.25) is 0 Å². The van der Waals surface area contributed by atoms with Crippen LogP contribution < -0.4 is 0 Å². The summed E-state index contributed by atoms with van der Waals surface area (Å²) >= 11 is 0. The van der Waals surface area contributed by atoms with Crippen molar-refractivity contribution in [2.75, 3.05) is 7.05 Å². The van der Waals surface area contributed by atoms with Gasteiger partial charge in [0, 0.05) is 19.2 Å². The normalized spacial score (nSPS) is 10.5. The Kier molecular flexibility index (Phi) is 3.69. The monoisotopic (exact) mass is 261 g/mol. The molecular formula is C15H16FNO2. The molecule has 0 aliphatic heterocycles. The highest BCUT2D eigenvalue weighted by molar-refractivity contribution is 5.94. The number of aryl methyl sites for hydroxylation is 2. The quantitative estimate of drug-likeness (QED) is 0.849. The second-order valence-corrected chi connectivity index (χ2v) is 4.65. The van der Waals surface area contributed by atoms with Gasteiger partial charge in [0.2, 0.25) is 0 Å². The van der Waals surface area contributed by atoms with E-state index in [2.05, 4.69) is 0 Å². The first-order valence-corrected chi connectivity index (χ1v) is 6.03. The number of carbonyl (C=O) groups is 1. The molecule has 0 radical (unpaired) electrons. The van der Waals surface area contributed by atoms with E-state index < -0.39 is 5.82 Å². The van der Waals surface area contributed by atoms with E-state index in [9.17, 15) is 9.18 Å². The predicted octanol–water partition coefficient (Wildman–Crippen LogP) is 3.31. The van der Waals surface area contributed by atoms with Gasteiger partial charge in [-0.15, -0.1) is 0 Å². The van der Waals surface area contributed by atoms with Crippen molar-refractivity contribution in [3.05, 3.63) is 58.8 Å². The lowest BCUT2D eigenvalue weighted by atomic mass is 10.1. The Morgan fingerprint density at radius 2 is 2.05 bits per heavy atom. The number of hydrogen-bond acceptors (Lipinski definition) is 2. The van der Waals surface area contributed by atoms with Gasteiger partial charge in [-0.05, 0) is 32.0 Å². The van der Waals surface area contributed by atoms with Crippen molar-refractivity contribution in [2.45, 2.75) is 20.4 Å². The second-order valence-electron chi connectivity index (χ2n) is 4.65. The van der Waals surface area contributed by atoms with Crippen molar-refractivity contribution in [3.8, 4) is 0 Å². The third-order valence-corrected chi connectivity index (χ3v) is 3.07. The van der Waals surface area contributed by atoms with Crippen LogP contribution >= 0.6 is 0 Å². The molecule has 2 aromatic rings. The van der Waals surface area contributed by atoms with Crippen LogP contribution in [0.25, 0.3) is 0 Å². The van der Waals surface area contributed by atoms with Crippen molar-refractivity contribution in [1.82, 2.24) is 4.90 Å². The summed E-state index contributed by atoms with van der Waals surface area (Å²) in [4.78, 5) is 13.7. The van der Waals surface area contributed by atoms with Crippen molar-refractivity contribution >= 4 is 5.91 Å². The molecule has 0 aliphatic carbocycles. The summed E-state index contributed by atoms with van der Waals surface area (Å²) in [7, 11) is 1.65. The van der Waals surface area contributed by atoms with E-state index in [0.29, 0.717) is 6.54 Å². The zero-order chi connectivity index (χ0) is 14.0. The third kappa shape index (κ3) is 2.84. The number of amides is 1. The lowest BCUT2D eigenvalue weighted by Crippen LogP contribution is -2.27. The zero-order valence-electron chi connectivity index (χ0n) is 11.2. The minimum Gasteiger partial charge on any atom is -0.469 e. The zero-order valence-corrected chi connectivity index (χ0v) is 11.2. The Labute approximate surface area is 111 Å². The highest BCUT2D eigenvalue weighted by Gasteiger charge is 2.17. The van der Waals surface area contributed by atoms with E-state index in [0.717, 1.165) is 16.9 Å². The predicted molar refractivity (Wildman–Crippen MR) is 70.4 cm³/mol. The van der Waals surface area contributed by atoms with Crippen LogP contribution in [-0.2, 0) is 6.54 Å². The SMILES string of the molecule is Cc1ccc(F)c(C(=O)N(C)Cc2ccoc2C)c1. The lowest BCUT2D eigenvalue weighted by molar-refractivity contribution is 0.0780. The van der Waals surface area contributed by atoms with Gasteiger partial charge in [0.25, 0.3) is 5.91 Å². The maximum absolute atomic E-state index is 13.7. The average Bonchev–Trinajstić information content (AvgIpc) is 2.77. The molecular weight excluding hydrogens is 245 g/mol. The molecule has 1 amide bonds. The van der Waals surface area contributed by atoms with Crippen LogP contribution in [0.5, 0.6) is 0 Å². The Morgan fingerprint density at radius 3 is 2.68 bits per heavy atom. The van der Waals surface area contributed by atoms with Gasteiger partial charge in [0.1, 0.15) is 11.6 Å². The molecule has 19 heavy (non-hydrogen) atoms. The molecule has 0 atom stereocenters. The molecule has 1 aromatic heterocycles. The van der Waals surface area contributed by atoms with Crippen molar-refractivity contribution < 1.29 is 13.6 Å². The minimum absolute atomic E-state index is 0.101. The van der Waals surface area contributed by atoms with Crippen LogP contribution in [0.1, 0.15) is 27.2 Å². The highest BCUT2D eigenvalue weighted by Crippen LogP contribution is 2.16. The number of nitrogens with zero attached hydrogens (tertiary/aromatic N) is 1. The summed E-state index contributed by atoms with van der Waals surface area (Å²) in [5, 5.41) is 0. The van der Waals surface area contributed by atoms with Gasteiger partial charge in [-0.3, -0.25) is 4.79 Å². The van der Waals surface area contributed by atoms with Gasteiger partial charge in [-0.25, -0.2) is 4.39 Å². The largest absolute Gasteiger partial charge is 0.469 e. The van der Waals surface area contributed by atoms with Crippen LogP contribution in [-0.4, -0.2) is 17.9 Å². The molecule has 1 aromatic carbocycles. The van der Waals surface area contributed by atoms with Gasteiger partial charge >= 0.3 is 0 Å². The summed E-state index contributed by atoms with van der Waals surface area (Å²) in [5.74, 6) is -0.0578. The highest BCUT2D eigenvalue weighted by atomic mass is 19.1. The van der Waals surface area contributed by atoms with Gasteiger partial charge < -0.3 is 9.32 Å². The molecule has 100 valence electrons. The molecule has 0 aliphatic rings. The number of halogens is 1. The first-order valence-electron chi connectivity index (χ1n) is 6.03. The molecule has 0 unspecified atom stereocenters. The molecule has 0 spiro atoms. The molecule has 0 saturated carbocycles. The smallest absolute Gasteiger partial charge is 0.256 e. The molecule has 1 heterocycles. The summed E-state index contributed by atoms with van der Waals surface area (Å²) in [5.41, 5.74) is 1.88. The minimum atomic E-state index is -0.494. The lowest BCUT2D eigenvalue weighted by Gasteiger charge is -2.17. The molecule has 2 rings (SSSR count). The van der Waals surface area contributed by atoms with E-state index in [1.165, 1.54) is 11.0 Å². The first-order chi connectivity index (χ1) is 8.99. The van der Waals surface area contributed by atoms with Crippen LogP contribution in [0.3, 0.4) is 0 Å². The van der Waals surface area contributed by atoms with Crippen LogP contribution in [0, 0.1) is 19.7 Å². The Balaban J connectivity index is 2.19. The van der Waals surface area contributed by atoms with Gasteiger partial charge in [0.05, 0.1) is 11.8 Å². The van der Waals surface area contributed by atoms with Crippen molar-refractivity contribution in [2.24, 2.45) is 0 Å².